The molecule has 1 N–H and O–H groups in total. The Morgan fingerprint density at radius 3 is 1.46 bits per heavy atom. The summed E-state index contributed by atoms with van der Waals surface area (Å²) in [7, 11) is 4.43. The van der Waals surface area contributed by atoms with E-state index in [0.717, 1.165) is 46.0 Å². The number of nitrogens with zero attached hydrogens (tertiary/aromatic N) is 12. The lowest BCUT2D eigenvalue weighted by Crippen LogP contribution is -2.48. The van der Waals surface area contributed by atoms with Crippen molar-refractivity contribution in [2.24, 2.45) is 37.6 Å². The van der Waals surface area contributed by atoms with Crippen LogP contribution in [0, 0.1) is 32.5 Å². The van der Waals surface area contributed by atoms with Gasteiger partial charge in [0.2, 0.25) is 23.6 Å². The van der Waals surface area contributed by atoms with Gasteiger partial charge in [-0.1, -0.05) is 263 Å². The average Bonchev–Trinajstić information content (AvgIpc) is 1.54. The van der Waals surface area contributed by atoms with Crippen molar-refractivity contribution in [2.45, 2.75) is 404 Å². The van der Waals surface area contributed by atoms with E-state index in [1.165, 1.54) is 27.1 Å². The Labute approximate surface area is 755 Å². The summed E-state index contributed by atoms with van der Waals surface area (Å²) in [4.78, 5) is 79.2. The lowest BCUT2D eigenvalue weighted by molar-refractivity contribution is -0.143. The first-order valence-electron chi connectivity index (χ1n) is 44.0. The number of hydrogen-bond donors (Lipinski definition) is 1. The molecule has 123 heavy (non-hydrogen) atoms. The van der Waals surface area contributed by atoms with E-state index in [-0.39, 0.29) is 104 Å². The van der Waals surface area contributed by atoms with Crippen molar-refractivity contribution in [3.8, 4) is 22.5 Å². The number of oxime groups is 1. The van der Waals surface area contributed by atoms with E-state index in [1.807, 2.05) is 188 Å². The number of anilines is 1. The summed E-state index contributed by atoms with van der Waals surface area (Å²) in [5, 5.41) is 30.2. The van der Waals surface area contributed by atoms with Gasteiger partial charge < -0.3 is 19.6 Å². The summed E-state index contributed by atoms with van der Waals surface area (Å²) in [5.41, 5.74) is 9.91. The summed E-state index contributed by atoms with van der Waals surface area (Å²) >= 11 is 3.28. The molecule has 6 aromatic rings. The molecule has 4 amide bonds. The van der Waals surface area contributed by atoms with Gasteiger partial charge in [0.1, 0.15) is 22.9 Å². The molecular formula is C101H171N13O7S2. The van der Waals surface area contributed by atoms with Gasteiger partial charge >= 0.3 is 0 Å². The quantitative estimate of drug-likeness (QED) is 0.0965. The van der Waals surface area contributed by atoms with Gasteiger partial charge in [-0.25, -0.2) is 19.4 Å². The smallest absolute Gasteiger partial charge is 0.243 e. The van der Waals surface area contributed by atoms with Crippen molar-refractivity contribution >= 4 is 81.5 Å². The van der Waals surface area contributed by atoms with E-state index < -0.39 is 11.0 Å². The number of hydrogen-bond acceptors (Lipinski definition) is 16. The van der Waals surface area contributed by atoms with Crippen LogP contribution < -0.4 is 10.2 Å². The second-order valence-electron chi connectivity index (χ2n) is 48.6. The summed E-state index contributed by atoms with van der Waals surface area (Å²) in [5.74, 6) is 1.37. The van der Waals surface area contributed by atoms with Crippen molar-refractivity contribution in [1.29, 1.82) is 0 Å². The fourth-order valence-electron chi connectivity index (χ4n) is 12.8. The van der Waals surface area contributed by atoms with Crippen LogP contribution in [-0.4, -0.2) is 142 Å². The molecule has 3 aromatic carbocycles. The van der Waals surface area contributed by atoms with Crippen molar-refractivity contribution in [3.63, 3.8) is 0 Å². The molecule has 1 saturated heterocycles. The number of rotatable bonds is 5. The molecule has 0 radical (unpaired) electrons. The van der Waals surface area contributed by atoms with Gasteiger partial charge in [0.25, 0.3) is 0 Å². The Hall–Kier alpha value is -7.01. The molecule has 3 aliphatic heterocycles. The number of fused-ring (bicyclic) bond motifs is 8. The molecule has 694 valence electrons. The number of para-hydroxylation sites is 2. The minimum atomic E-state index is -0.493. The third-order valence-electron chi connectivity index (χ3n) is 18.7. The van der Waals surface area contributed by atoms with Crippen LogP contribution in [0.25, 0.3) is 33.4 Å². The number of thioether (sulfide) groups is 2. The van der Waals surface area contributed by atoms with Crippen LogP contribution >= 0.6 is 23.5 Å². The zero-order valence-electron chi connectivity index (χ0n) is 86.3. The van der Waals surface area contributed by atoms with Crippen molar-refractivity contribution in [2.75, 3.05) is 24.7 Å². The van der Waals surface area contributed by atoms with Gasteiger partial charge in [-0.15, -0.1) is 33.7 Å². The highest BCUT2D eigenvalue weighted by Crippen LogP contribution is 2.49. The number of ketones is 2. The van der Waals surface area contributed by atoms with Gasteiger partial charge in [0.15, 0.2) is 0 Å². The molecule has 9 rings (SSSR count). The number of hydrazine groups is 1. The van der Waals surface area contributed by atoms with Crippen LogP contribution in [-0.2, 0) is 68.7 Å². The van der Waals surface area contributed by atoms with Crippen LogP contribution in [0.1, 0.15) is 360 Å². The third-order valence-corrected chi connectivity index (χ3v) is 21.5. The van der Waals surface area contributed by atoms with E-state index in [9.17, 15) is 28.8 Å². The summed E-state index contributed by atoms with van der Waals surface area (Å²) in [6.07, 6.45) is 4.87. The molecule has 3 aromatic heterocycles. The fraction of sp³-hybridized carbons (Fsp3) is 0.693. The van der Waals surface area contributed by atoms with E-state index >= 15 is 0 Å². The normalized spacial score (nSPS) is 16.0. The molecule has 0 saturated carbocycles. The fourth-order valence-corrected chi connectivity index (χ4v) is 14.7. The van der Waals surface area contributed by atoms with E-state index in [0.29, 0.717) is 37.0 Å². The Morgan fingerprint density at radius 1 is 0.569 bits per heavy atom. The minimum Gasteiger partial charge on any atom is -0.390 e. The molecule has 6 heterocycles. The second-order valence-corrected chi connectivity index (χ2v) is 52.5. The number of Topliss-reactive ketones (excluding diaryl/α,β-unsaturated/α-hetero) is 2. The molecule has 2 atom stereocenters. The van der Waals surface area contributed by atoms with Gasteiger partial charge in [-0.05, 0) is 160 Å². The first-order valence-corrected chi connectivity index (χ1v) is 45.8. The van der Waals surface area contributed by atoms with Gasteiger partial charge in [-0.3, -0.25) is 33.7 Å². The van der Waals surface area contributed by atoms with E-state index in [1.54, 1.807) is 30.4 Å². The maximum Gasteiger partial charge on any atom is 0.243 e. The van der Waals surface area contributed by atoms with Crippen LogP contribution in [0.5, 0.6) is 0 Å². The zero-order chi connectivity index (χ0) is 96.3. The summed E-state index contributed by atoms with van der Waals surface area (Å²) in [6.45, 7) is 96.4. The van der Waals surface area contributed by atoms with E-state index in [4.69, 9.17) is 4.84 Å². The Morgan fingerprint density at radius 2 is 1.08 bits per heavy atom. The van der Waals surface area contributed by atoms with Gasteiger partial charge in [0, 0.05) is 126 Å². The average molecular weight is 1740 g/mol. The van der Waals surface area contributed by atoms with Gasteiger partial charge in [0.05, 0.1) is 58.3 Å². The molecule has 20 nitrogen and oxygen atoms in total. The first-order chi connectivity index (χ1) is 54.7. The highest BCUT2D eigenvalue weighted by molar-refractivity contribution is 8.02. The highest BCUT2D eigenvalue weighted by Gasteiger charge is 2.46. The van der Waals surface area contributed by atoms with Crippen molar-refractivity contribution in [1.82, 2.24) is 54.8 Å². The number of likely N-dealkylation sites (tertiary alicyclic amines) is 1. The number of nitrogens with one attached hydrogen (secondary N) is 1. The minimum absolute atomic E-state index is 0.00843. The number of carbonyl (C=O) groups is 6. The molecule has 0 spiro atoms. The molecule has 22 heteroatoms. The van der Waals surface area contributed by atoms with E-state index in [2.05, 4.69) is 283 Å². The van der Waals surface area contributed by atoms with Crippen LogP contribution in [0.3, 0.4) is 0 Å². The molecule has 3 aliphatic rings. The lowest BCUT2D eigenvalue weighted by atomic mass is 9.80. The SMILES string of the molecule is CC(=O)CSC(C)(C)C.CC(C)(C)/C=N/OC(C)(C)C.CC(C)(C)C(=O)N1Cc2ccccc2-c2c(nnn2C(C)(C)C)-c2ccccc21.CC(C)(C)CC(=O)C(C)(C)C.CC(C)(C)NC(=O)C(C)(C)C.CC(C)(C)SC1CC(=O)N(C(C)(C)C)C1=O.CC(C)(C)c1cn(C(C)(C)C)nn1.CN1Cc2c(c3ccccc3n2C(C)(C)C)C(C(C)(C)C)N1C. The zero-order valence-corrected chi connectivity index (χ0v) is 87.9. The van der Waals surface area contributed by atoms with Crippen LogP contribution in [0.4, 0.5) is 5.69 Å². The molecular weight excluding hydrogens is 1570 g/mol. The second kappa shape index (κ2) is 41.8. The van der Waals surface area contributed by atoms with Crippen molar-refractivity contribution in [3.05, 3.63) is 102 Å². The Balaban J connectivity index is 0.000000494. The largest absolute Gasteiger partial charge is 0.390 e. The molecule has 1 fully saturated rings. The van der Waals surface area contributed by atoms with Gasteiger partial charge in [-0.2, -0.15) is 0 Å². The first kappa shape index (κ1) is 112. The number of benzene rings is 3. The molecule has 0 bridgehead atoms. The monoisotopic (exact) mass is 1740 g/mol. The van der Waals surface area contributed by atoms with Crippen molar-refractivity contribution < 1.29 is 33.6 Å². The standard InChI is InChI=1S/C24H28N4O.C20H31N3.C12H21NO2S.C10H19N3.C10H20O.2C9H19NO.C7H14OS/c1-23(2,3)22(29)27-15-16-11-7-8-12-17(16)21-20(18-13-9-10-14-19(18)27)25-26-28(21)24(4,5)6;1-19(2,3)18-17-14-11-9-10-12-15(14)23(20(4,5)6)16(17)13-21(7)22(18)8;1-11(2,3)13-9(14)7-8(10(13)15)16-12(4,5)6;1-9(2,3)8-7-13(12-11-8)10(4,5)6;1-9(2,3)7-8(11)10(4,5)6;1-8(2,3)7-10-11-9(4,5)6;1-8(2,3)7(11)10-9(4,5)6;1-6(8)5-9-7(2,3)4/h7-14H,15H2,1-6H3;9-12,18H,13H2,1-8H3;8H,7H2,1-6H3;7H,1-6H3;7H2,1-6H3;7H,1-6H3;1-6H3,(H,10,11);5H2,1-4H3/b;;;;;10-7+;;. The predicted molar refractivity (Wildman–Crippen MR) is 524 cm³/mol. The maximum atomic E-state index is 13.4. The molecule has 2 unspecified atom stereocenters. The Kier molecular flexibility index (Phi) is 38.1. The Bertz CT molecular complexity index is 4420. The lowest BCUT2D eigenvalue weighted by Gasteiger charge is -2.47. The highest BCUT2D eigenvalue weighted by atomic mass is 32.2. The predicted octanol–water partition coefficient (Wildman–Crippen LogP) is 24.7. The maximum absolute atomic E-state index is 13.4. The van der Waals surface area contributed by atoms with Crippen LogP contribution in [0.2, 0.25) is 0 Å². The third kappa shape index (κ3) is 37.1. The molecule has 0 aliphatic carbocycles. The summed E-state index contributed by atoms with van der Waals surface area (Å²) < 4.78 is 6.70. The number of amides is 4. The number of imide groups is 1. The summed E-state index contributed by atoms with van der Waals surface area (Å²) in [6, 6.07) is 25.6. The number of carbonyl (C=O) groups excluding carboxylic acids is 6. The van der Waals surface area contributed by atoms with Crippen LogP contribution in [0.15, 0.2) is 84.1 Å². The number of aromatic nitrogens is 7. The topological polar surface area (TPSA) is 215 Å².